The van der Waals surface area contributed by atoms with Gasteiger partial charge in [0.15, 0.2) is 0 Å². The monoisotopic (exact) mass is 244 g/mol. The minimum atomic E-state index is -0.908. The third-order valence-electron chi connectivity index (χ3n) is 2.27. The first-order valence-corrected chi connectivity index (χ1v) is 5.95. The Morgan fingerprint density at radius 3 is 2.24 bits per heavy atom. The highest BCUT2D eigenvalue weighted by molar-refractivity contribution is 5.82. The van der Waals surface area contributed by atoms with Crippen molar-refractivity contribution in [1.29, 1.82) is 0 Å². The molecule has 5 heteroatoms. The standard InChI is InChI=1S/C12H24N2O3/c1-6-7-14(8-10(15)16)9(2)11(17)13-12(3,4)5/h9H,6-8H2,1-5H3,(H,13,17)(H,15,16). The largest absolute Gasteiger partial charge is 0.480 e. The zero-order valence-electron chi connectivity index (χ0n) is 11.4. The van der Waals surface area contributed by atoms with E-state index >= 15 is 0 Å². The summed E-state index contributed by atoms with van der Waals surface area (Å²) in [5, 5.41) is 11.7. The Balaban J connectivity index is 4.54. The van der Waals surface area contributed by atoms with Gasteiger partial charge < -0.3 is 10.4 Å². The van der Waals surface area contributed by atoms with E-state index < -0.39 is 12.0 Å². The number of amides is 1. The molecule has 0 saturated heterocycles. The van der Waals surface area contributed by atoms with Crippen LogP contribution in [0.15, 0.2) is 0 Å². The molecule has 1 atom stereocenters. The minimum Gasteiger partial charge on any atom is -0.480 e. The van der Waals surface area contributed by atoms with E-state index in [1.807, 2.05) is 27.7 Å². The summed E-state index contributed by atoms with van der Waals surface area (Å²) >= 11 is 0. The summed E-state index contributed by atoms with van der Waals surface area (Å²) < 4.78 is 0. The molecule has 0 aromatic carbocycles. The lowest BCUT2D eigenvalue weighted by Crippen LogP contribution is -2.52. The van der Waals surface area contributed by atoms with Gasteiger partial charge in [-0.05, 0) is 40.7 Å². The Morgan fingerprint density at radius 1 is 1.35 bits per heavy atom. The van der Waals surface area contributed by atoms with Crippen LogP contribution in [0.5, 0.6) is 0 Å². The number of carboxylic acid groups (broad SMARTS) is 1. The van der Waals surface area contributed by atoms with Crippen LogP contribution in [0, 0.1) is 0 Å². The second kappa shape index (κ2) is 6.59. The zero-order chi connectivity index (χ0) is 13.6. The van der Waals surface area contributed by atoms with Gasteiger partial charge in [0, 0.05) is 5.54 Å². The molecule has 2 N–H and O–H groups in total. The van der Waals surface area contributed by atoms with Crippen LogP contribution in [0.2, 0.25) is 0 Å². The predicted molar refractivity (Wildman–Crippen MR) is 66.9 cm³/mol. The number of hydrogen-bond donors (Lipinski definition) is 2. The van der Waals surface area contributed by atoms with Gasteiger partial charge in [0.05, 0.1) is 12.6 Å². The molecule has 0 radical (unpaired) electrons. The van der Waals surface area contributed by atoms with Crippen LogP contribution >= 0.6 is 0 Å². The van der Waals surface area contributed by atoms with Crippen LogP contribution in [0.3, 0.4) is 0 Å². The van der Waals surface area contributed by atoms with E-state index in [0.717, 1.165) is 6.42 Å². The SMILES string of the molecule is CCCN(CC(=O)O)C(C)C(=O)NC(C)(C)C. The van der Waals surface area contributed by atoms with Crippen LogP contribution in [-0.4, -0.2) is 46.6 Å². The maximum Gasteiger partial charge on any atom is 0.317 e. The topological polar surface area (TPSA) is 69.6 Å². The van der Waals surface area contributed by atoms with Crippen molar-refractivity contribution < 1.29 is 14.7 Å². The number of carbonyl (C=O) groups excluding carboxylic acids is 1. The van der Waals surface area contributed by atoms with E-state index in [1.54, 1.807) is 11.8 Å². The van der Waals surface area contributed by atoms with Crippen molar-refractivity contribution in [2.24, 2.45) is 0 Å². The zero-order valence-corrected chi connectivity index (χ0v) is 11.4. The third-order valence-corrected chi connectivity index (χ3v) is 2.27. The van der Waals surface area contributed by atoms with Gasteiger partial charge in [-0.3, -0.25) is 14.5 Å². The molecule has 0 spiro atoms. The molecule has 0 bridgehead atoms. The number of aliphatic carboxylic acids is 1. The van der Waals surface area contributed by atoms with Crippen molar-refractivity contribution in [2.75, 3.05) is 13.1 Å². The molecule has 0 aromatic heterocycles. The van der Waals surface area contributed by atoms with Gasteiger partial charge in [0.25, 0.3) is 0 Å². The average molecular weight is 244 g/mol. The molecule has 0 aliphatic carbocycles. The maximum atomic E-state index is 11.9. The van der Waals surface area contributed by atoms with E-state index in [-0.39, 0.29) is 18.0 Å². The van der Waals surface area contributed by atoms with E-state index in [9.17, 15) is 9.59 Å². The first-order chi connectivity index (χ1) is 7.67. The molecule has 0 rings (SSSR count). The van der Waals surface area contributed by atoms with Gasteiger partial charge in [-0.25, -0.2) is 0 Å². The van der Waals surface area contributed by atoms with E-state index in [0.29, 0.717) is 6.54 Å². The Hall–Kier alpha value is -1.10. The van der Waals surface area contributed by atoms with Crippen molar-refractivity contribution >= 4 is 11.9 Å². The molecule has 1 amide bonds. The van der Waals surface area contributed by atoms with Gasteiger partial charge in [-0.1, -0.05) is 6.92 Å². The summed E-state index contributed by atoms with van der Waals surface area (Å²) in [5.41, 5.74) is -0.299. The second-order valence-electron chi connectivity index (χ2n) is 5.28. The lowest BCUT2D eigenvalue weighted by atomic mass is 10.1. The Labute approximate surface area is 103 Å². The van der Waals surface area contributed by atoms with E-state index in [2.05, 4.69) is 5.32 Å². The van der Waals surface area contributed by atoms with Gasteiger partial charge in [-0.15, -0.1) is 0 Å². The highest BCUT2D eigenvalue weighted by Crippen LogP contribution is 2.05. The fraction of sp³-hybridized carbons (Fsp3) is 0.833. The summed E-state index contributed by atoms with van der Waals surface area (Å²) in [6, 6.07) is -0.426. The van der Waals surface area contributed by atoms with Gasteiger partial charge in [0.2, 0.25) is 5.91 Å². The molecule has 17 heavy (non-hydrogen) atoms. The summed E-state index contributed by atoms with van der Waals surface area (Å²) in [4.78, 5) is 24.3. The fourth-order valence-electron chi connectivity index (χ4n) is 1.51. The van der Waals surface area contributed by atoms with Crippen molar-refractivity contribution in [2.45, 2.75) is 52.6 Å². The smallest absolute Gasteiger partial charge is 0.317 e. The molecule has 0 aliphatic heterocycles. The Bertz CT molecular complexity index is 271. The first-order valence-electron chi connectivity index (χ1n) is 5.95. The predicted octanol–water partition coefficient (Wildman–Crippen LogP) is 1.09. The summed E-state index contributed by atoms with van der Waals surface area (Å²) in [7, 11) is 0. The Kier molecular flexibility index (Phi) is 6.16. The number of carbonyl (C=O) groups is 2. The van der Waals surface area contributed by atoms with Crippen LogP contribution < -0.4 is 5.32 Å². The van der Waals surface area contributed by atoms with Crippen LogP contribution in [-0.2, 0) is 9.59 Å². The van der Waals surface area contributed by atoms with Gasteiger partial charge in [-0.2, -0.15) is 0 Å². The first kappa shape index (κ1) is 15.9. The van der Waals surface area contributed by atoms with Crippen molar-refractivity contribution in [3.05, 3.63) is 0 Å². The summed E-state index contributed by atoms with van der Waals surface area (Å²) in [5.74, 6) is -1.04. The second-order valence-corrected chi connectivity index (χ2v) is 5.28. The van der Waals surface area contributed by atoms with Gasteiger partial charge >= 0.3 is 5.97 Å². The van der Waals surface area contributed by atoms with Gasteiger partial charge in [0.1, 0.15) is 0 Å². The molecule has 1 unspecified atom stereocenters. The molecule has 0 saturated carbocycles. The highest BCUT2D eigenvalue weighted by atomic mass is 16.4. The number of nitrogens with one attached hydrogen (secondary N) is 1. The van der Waals surface area contributed by atoms with Crippen LogP contribution in [0.4, 0.5) is 0 Å². The number of hydrogen-bond acceptors (Lipinski definition) is 3. The highest BCUT2D eigenvalue weighted by Gasteiger charge is 2.25. The van der Waals surface area contributed by atoms with Crippen molar-refractivity contribution in [3.63, 3.8) is 0 Å². The van der Waals surface area contributed by atoms with Crippen molar-refractivity contribution in [3.8, 4) is 0 Å². The molecule has 0 aromatic rings. The molecular formula is C12H24N2O3. The average Bonchev–Trinajstić information content (AvgIpc) is 2.12. The third kappa shape index (κ3) is 6.94. The molecule has 5 nitrogen and oxygen atoms in total. The lowest BCUT2D eigenvalue weighted by molar-refractivity contribution is -0.140. The summed E-state index contributed by atoms with van der Waals surface area (Å²) in [6.45, 7) is 9.90. The molecule has 100 valence electrons. The Morgan fingerprint density at radius 2 is 1.88 bits per heavy atom. The van der Waals surface area contributed by atoms with Crippen LogP contribution in [0.25, 0.3) is 0 Å². The fourth-order valence-corrected chi connectivity index (χ4v) is 1.51. The normalized spacial score (nSPS) is 13.5. The number of carboxylic acids is 1. The molecule has 0 fully saturated rings. The maximum absolute atomic E-state index is 11.9. The van der Waals surface area contributed by atoms with Crippen LogP contribution in [0.1, 0.15) is 41.0 Å². The van der Waals surface area contributed by atoms with E-state index in [1.165, 1.54) is 0 Å². The number of rotatable bonds is 6. The molecular weight excluding hydrogens is 220 g/mol. The minimum absolute atomic E-state index is 0.105. The van der Waals surface area contributed by atoms with Crippen molar-refractivity contribution in [1.82, 2.24) is 10.2 Å². The number of nitrogens with zero attached hydrogens (tertiary/aromatic N) is 1. The quantitative estimate of drug-likeness (QED) is 0.733. The molecule has 0 aliphatic rings. The van der Waals surface area contributed by atoms with E-state index in [4.69, 9.17) is 5.11 Å². The summed E-state index contributed by atoms with van der Waals surface area (Å²) in [6.07, 6.45) is 0.820. The lowest BCUT2D eigenvalue weighted by Gasteiger charge is -2.29. The molecule has 0 heterocycles.